The Morgan fingerprint density at radius 3 is 2.77 bits per heavy atom. The van der Waals surface area contributed by atoms with Crippen molar-refractivity contribution in [3.05, 3.63) is 42.7 Å². The van der Waals surface area contributed by atoms with Crippen LogP contribution in [0.2, 0.25) is 0 Å². The van der Waals surface area contributed by atoms with E-state index in [1.54, 1.807) is 12.4 Å². The Morgan fingerprint density at radius 1 is 1.23 bits per heavy atom. The summed E-state index contributed by atoms with van der Waals surface area (Å²) < 4.78 is 25.0. The van der Waals surface area contributed by atoms with Crippen LogP contribution in [0.25, 0.3) is 0 Å². The van der Waals surface area contributed by atoms with Gasteiger partial charge in [-0.05, 0) is 43.7 Å². The Kier molecular flexibility index (Phi) is 4.97. The molecule has 1 atom stereocenters. The van der Waals surface area contributed by atoms with Crippen LogP contribution in [0, 0.1) is 11.7 Å². The lowest BCUT2D eigenvalue weighted by Crippen LogP contribution is -2.48. The van der Waals surface area contributed by atoms with Gasteiger partial charge in [-0.3, -0.25) is 4.98 Å². The number of hydrogen-bond acceptors (Lipinski definition) is 6. The second-order valence-corrected chi connectivity index (χ2v) is 6.91. The van der Waals surface area contributed by atoms with E-state index in [0.29, 0.717) is 18.5 Å². The molecule has 2 saturated heterocycles. The van der Waals surface area contributed by atoms with E-state index in [2.05, 4.69) is 19.9 Å². The van der Waals surface area contributed by atoms with E-state index >= 15 is 0 Å². The van der Waals surface area contributed by atoms with Crippen LogP contribution in [0.3, 0.4) is 0 Å². The maximum Gasteiger partial charge on any atom is 0.225 e. The van der Waals surface area contributed by atoms with Gasteiger partial charge >= 0.3 is 0 Å². The first kappa shape index (κ1) is 17.1. The molecule has 6 nitrogen and oxygen atoms in total. The van der Waals surface area contributed by atoms with Crippen molar-refractivity contribution in [3.63, 3.8) is 0 Å². The molecule has 0 bridgehead atoms. The molecule has 0 amide bonds. The number of aromatic nitrogens is 3. The average Bonchev–Trinajstić information content (AvgIpc) is 3.06. The van der Waals surface area contributed by atoms with Gasteiger partial charge in [0.25, 0.3) is 0 Å². The van der Waals surface area contributed by atoms with Gasteiger partial charge in [-0.2, -0.15) is 0 Å². The van der Waals surface area contributed by atoms with Gasteiger partial charge in [-0.25, -0.2) is 14.4 Å². The lowest BCUT2D eigenvalue weighted by atomic mass is 9.78. The monoisotopic (exact) mass is 358 g/mol. The van der Waals surface area contributed by atoms with E-state index < -0.39 is 5.82 Å². The molecule has 1 unspecified atom stereocenters. The van der Waals surface area contributed by atoms with E-state index in [1.165, 1.54) is 12.4 Å². The van der Waals surface area contributed by atoms with Crippen LogP contribution < -0.4 is 9.64 Å². The Bertz CT molecular complexity index is 705. The van der Waals surface area contributed by atoms with Crippen LogP contribution >= 0.6 is 0 Å². The van der Waals surface area contributed by atoms with Crippen molar-refractivity contribution in [2.75, 3.05) is 31.2 Å². The van der Waals surface area contributed by atoms with Crippen molar-refractivity contribution < 1.29 is 13.9 Å². The lowest BCUT2D eigenvalue weighted by Gasteiger charge is -2.42. The largest absolute Gasteiger partial charge is 0.492 e. The molecule has 0 radical (unpaired) electrons. The third-order valence-electron chi connectivity index (χ3n) is 5.47. The Labute approximate surface area is 152 Å². The van der Waals surface area contributed by atoms with E-state index in [0.717, 1.165) is 51.1 Å². The quantitative estimate of drug-likeness (QED) is 0.819. The predicted molar refractivity (Wildman–Crippen MR) is 94.6 cm³/mol. The van der Waals surface area contributed by atoms with Crippen LogP contribution in [0.1, 0.15) is 25.7 Å². The van der Waals surface area contributed by atoms with Gasteiger partial charge in [0.1, 0.15) is 5.75 Å². The minimum absolute atomic E-state index is 0.0746. The molecule has 2 fully saturated rings. The molecule has 0 saturated carbocycles. The van der Waals surface area contributed by atoms with E-state index in [9.17, 15) is 4.39 Å². The number of nitrogens with zero attached hydrogens (tertiary/aromatic N) is 4. The molecular weight excluding hydrogens is 335 g/mol. The molecule has 0 N–H and O–H groups in total. The summed E-state index contributed by atoms with van der Waals surface area (Å²) >= 11 is 0. The van der Waals surface area contributed by atoms with Crippen molar-refractivity contribution in [2.24, 2.45) is 5.92 Å². The van der Waals surface area contributed by atoms with Gasteiger partial charge in [0.2, 0.25) is 5.95 Å². The average molecular weight is 358 g/mol. The number of hydrogen-bond donors (Lipinski definition) is 0. The maximum atomic E-state index is 13.0. The molecule has 2 aliphatic rings. The summed E-state index contributed by atoms with van der Waals surface area (Å²) in [5.41, 5.74) is -0.0746. The van der Waals surface area contributed by atoms with E-state index in [4.69, 9.17) is 9.47 Å². The summed E-state index contributed by atoms with van der Waals surface area (Å²) in [6.07, 6.45) is 9.84. The molecule has 2 aromatic rings. The zero-order chi connectivity index (χ0) is 17.8. The van der Waals surface area contributed by atoms with Crippen molar-refractivity contribution in [2.45, 2.75) is 31.3 Å². The standard InChI is InChI=1S/C19H23FN4O2/c20-16-12-22-18(23-13-16)24-8-5-19(6-9-24)15(4-11-26-19)3-10-25-17-2-1-7-21-14-17/h1-2,7,12-15H,3-6,8-11H2. The second-order valence-electron chi connectivity index (χ2n) is 6.91. The first-order valence-electron chi connectivity index (χ1n) is 9.14. The third kappa shape index (κ3) is 3.62. The predicted octanol–water partition coefficient (Wildman–Crippen LogP) is 2.86. The fourth-order valence-corrected chi connectivity index (χ4v) is 4.05. The first-order valence-corrected chi connectivity index (χ1v) is 9.14. The van der Waals surface area contributed by atoms with Gasteiger partial charge in [0.05, 0.1) is 30.8 Å². The zero-order valence-corrected chi connectivity index (χ0v) is 14.7. The molecule has 26 heavy (non-hydrogen) atoms. The SMILES string of the molecule is Fc1cnc(N2CCC3(CC2)OCCC3CCOc2cccnc2)nc1. The Balaban J connectivity index is 1.32. The van der Waals surface area contributed by atoms with Crippen LogP contribution in [-0.2, 0) is 4.74 Å². The van der Waals surface area contributed by atoms with Crippen molar-refractivity contribution in [1.82, 2.24) is 15.0 Å². The number of rotatable bonds is 5. The highest BCUT2D eigenvalue weighted by atomic mass is 19.1. The summed E-state index contributed by atoms with van der Waals surface area (Å²) in [6, 6.07) is 3.80. The highest BCUT2D eigenvalue weighted by Crippen LogP contribution is 2.42. The minimum Gasteiger partial charge on any atom is -0.492 e. The molecule has 0 aromatic carbocycles. The fourth-order valence-electron chi connectivity index (χ4n) is 4.05. The molecule has 0 aliphatic carbocycles. The first-order chi connectivity index (χ1) is 12.8. The van der Waals surface area contributed by atoms with Gasteiger partial charge in [0.15, 0.2) is 5.82 Å². The highest BCUT2D eigenvalue weighted by molar-refractivity contribution is 5.30. The van der Waals surface area contributed by atoms with Gasteiger partial charge in [-0.1, -0.05) is 0 Å². The summed E-state index contributed by atoms with van der Waals surface area (Å²) in [4.78, 5) is 14.4. The third-order valence-corrected chi connectivity index (χ3v) is 5.47. The molecule has 2 aromatic heterocycles. The van der Waals surface area contributed by atoms with Gasteiger partial charge in [-0.15, -0.1) is 0 Å². The molecule has 7 heteroatoms. The Hall–Kier alpha value is -2.28. The van der Waals surface area contributed by atoms with Crippen LogP contribution in [0.15, 0.2) is 36.9 Å². The van der Waals surface area contributed by atoms with Crippen molar-refractivity contribution in [1.29, 1.82) is 0 Å². The molecule has 138 valence electrons. The number of halogens is 1. The summed E-state index contributed by atoms with van der Waals surface area (Å²) in [6.45, 7) is 3.13. The minimum atomic E-state index is -0.407. The second kappa shape index (κ2) is 7.53. The zero-order valence-electron chi connectivity index (χ0n) is 14.7. The number of piperidine rings is 1. The van der Waals surface area contributed by atoms with E-state index in [-0.39, 0.29) is 5.60 Å². The number of pyridine rings is 1. The molecular formula is C19H23FN4O2. The van der Waals surface area contributed by atoms with Crippen molar-refractivity contribution in [3.8, 4) is 5.75 Å². The van der Waals surface area contributed by atoms with Crippen LogP contribution in [-0.4, -0.2) is 46.9 Å². The molecule has 1 spiro atoms. The van der Waals surface area contributed by atoms with E-state index in [1.807, 2.05) is 12.1 Å². The fraction of sp³-hybridized carbons (Fsp3) is 0.526. The smallest absolute Gasteiger partial charge is 0.225 e. The van der Waals surface area contributed by atoms with Gasteiger partial charge < -0.3 is 14.4 Å². The van der Waals surface area contributed by atoms with Crippen LogP contribution in [0.5, 0.6) is 5.75 Å². The number of anilines is 1. The lowest BCUT2D eigenvalue weighted by molar-refractivity contribution is -0.0442. The molecule has 4 heterocycles. The summed E-state index contributed by atoms with van der Waals surface area (Å²) in [5.74, 6) is 1.49. The topological polar surface area (TPSA) is 60.4 Å². The summed E-state index contributed by atoms with van der Waals surface area (Å²) in [5, 5.41) is 0. The summed E-state index contributed by atoms with van der Waals surface area (Å²) in [7, 11) is 0. The highest BCUT2D eigenvalue weighted by Gasteiger charge is 2.46. The Morgan fingerprint density at radius 2 is 2.04 bits per heavy atom. The van der Waals surface area contributed by atoms with Crippen molar-refractivity contribution >= 4 is 5.95 Å². The van der Waals surface area contributed by atoms with Gasteiger partial charge in [0, 0.05) is 25.9 Å². The normalized spacial score (nSPS) is 21.9. The molecule has 2 aliphatic heterocycles. The maximum absolute atomic E-state index is 13.0. The molecule has 4 rings (SSSR count). The van der Waals surface area contributed by atoms with Crippen LogP contribution in [0.4, 0.5) is 10.3 Å². The number of ether oxygens (including phenoxy) is 2.